The van der Waals surface area contributed by atoms with Crippen LogP contribution in [0.2, 0.25) is 0 Å². The Labute approximate surface area is 326 Å². The molecule has 0 amide bonds. The van der Waals surface area contributed by atoms with Crippen LogP contribution in [-0.2, 0) is 0 Å². The molecular weight excluding hydrogens is 681 g/mol. The van der Waals surface area contributed by atoms with Crippen molar-refractivity contribution in [2.45, 2.75) is 27.7 Å². The zero-order valence-electron chi connectivity index (χ0n) is 31.8. The minimum Gasteiger partial charge on any atom is -0.309 e. The second kappa shape index (κ2) is 13.0. The Morgan fingerprint density at radius 1 is 0.411 bits per heavy atom. The highest BCUT2D eigenvalue weighted by Crippen LogP contribution is 2.42. The number of pyridine rings is 1. The highest BCUT2D eigenvalue weighted by atomic mass is 15.0. The molecule has 0 spiro atoms. The van der Waals surface area contributed by atoms with Gasteiger partial charge < -0.3 is 9.13 Å². The van der Waals surface area contributed by atoms with E-state index in [4.69, 9.17) is 4.98 Å². The summed E-state index contributed by atoms with van der Waals surface area (Å²) in [5.74, 6) is 0. The lowest BCUT2D eigenvalue weighted by atomic mass is 9.96. The lowest BCUT2D eigenvalue weighted by molar-refractivity contribution is 1.13. The van der Waals surface area contributed by atoms with Crippen molar-refractivity contribution in [1.82, 2.24) is 14.1 Å². The molecule has 10 aromatic rings. The highest BCUT2D eigenvalue weighted by molar-refractivity contribution is 6.12. The summed E-state index contributed by atoms with van der Waals surface area (Å²) in [6.45, 7) is 8.57. The van der Waals surface area contributed by atoms with Gasteiger partial charge in [0.1, 0.15) is 6.07 Å². The first-order chi connectivity index (χ1) is 27.3. The first kappa shape index (κ1) is 33.4. The van der Waals surface area contributed by atoms with E-state index >= 15 is 0 Å². The molecule has 0 saturated carbocycles. The number of rotatable bonds is 5. The van der Waals surface area contributed by atoms with Gasteiger partial charge in [-0.3, -0.25) is 0 Å². The summed E-state index contributed by atoms with van der Waals surface area (Å²) in [4.78, 5) is 5.25. The lowest BCUT2D eigenvalue weighted by Crippen LogP contribution is -2.04. The Hall–Kier alpha value is -7.22. The molecule has 10 rings (SSSR count). The van der Waals surface area contributed by atoms with Gasteiger partial charge in [-0.1, -0.05) is 107 Å². The normalized spacial score (nSPS) is 11.6. The molecule has 0 aliphatic heterocycles. The van der Waals surface area contributed by atoms with Gasteiger partial charge in [0.05, 0.1) is 50.4 Å². The summed E-state index contributed by atoms with van der Waals surface area (Å²) in [5, 5.41) is 15.9. The Morgan fingerprint density at radius 2 is 0.804 bits per heavy atom. The van der Waals surface area contributed by atoms with Gasteiger partial charge in [-0.15, -0.1) is 0 Å². The van der Waals surface area contributed by atoms with E-state index < -0.39 is 0 Å². The second-order valence-electron chi connectivity index (χ2n) is 15.1. The average molecular weight is 719 g/mol. The molecule has 0 bridgehead atoms. The predicted octanol–water partition coefficient (Wildman–Crippen LogP) is 13.4. The van der Waals surface area contributed by atoms with Crippen molar-refractivity contribution in [2.75, 3.05) is 0 Å². The summed E-state index contributed by atoms with van der Waals surface area (Å²) >= 11 is 0. The maximum atomic E-state index is 11.1. The van der Waals surface area contributed by atoms with Crippen molar-refractivity contribution in [3.8, 4) is 51.1 Å². The van der Waals surface area contributed by atoms with Crippen LogP contribution in [0.5, 0.6) is 0 Å². The third-order valence-corrected chi connectivity index (χ3v) is 11.1. The molecule has 0 N–H and O–H groups in total. The maximum Gasteiger partial charge on any atom is 0.101 e. The monoisotopic (exact) mass is 718 g/mol. The number of aromatic nitrogens is 3. The Bertz CT molecular complexity index is 3050. The molecular formula is C52H38N4. The summed E-state index contributed by atoms with van der Waals surface area (Å²) in [5.41, 5.74) is 17.4. The standard InChI is InChI=1S/C52H38N4/c1-32-15-19-47-41(23-32)42-24-33(2)16-20-48(42)55(47)51-30-40(38-27-45(36-11-7-5-8-12-36)54-46(28-38)37-13-9-6-10-14-37)52(29-39(51)31-53)56-49-21-17-34(3)25-43(49)44-26-35(4)18-22-50(44)56/h5-30H,1-4H3. The lowest BCUT2D eigenvalue weighted by Gasteiger charge is -2.20. The van der Waals surface area contributed by atoms with E-state index in [0.717, 1.165) is 67.1 Å². The number of hydrogen-bond acceptors (Lipinski definition) is 2. The summed E-state index contributed by atoms with van der Waals surface area (Å²) in [6, 6.07) is 58.8. The minimum absolute atomic E-state index is 0.596. The first-order valence-electron chi connectivity index (χ1n) is 19.1. The van der Waals surface area contributed by atoms with Gasteiger partial charge in [0.15, 0.2) is 0 Å². The van der Waals surface area contributed by atoms with Crippen LogP contribution in [0.1, 0.15) is 27.8 Å². The Balaban J connectivity index is 1.37. The maximum absolute atomic E-state index is 11.1. The third-order valence-electron chi connectivity index (χ3n) is 11.1. The van der Waals surface area contributed by atoms with Gasteiger partial charge in [0.25, 0.3) is 0 Å². The van der Waals surface area contributed by atoms with Crippen LogP contribution in [0.3, 0.4) is 0 Å². The Morgan fingerprint density at radius 3 is 1.20 bits per heavy atom. The van der Waals surface area contributed by atoms with E-state index in [0.29, 0.717) is 5.56 Å². The van der Waals surface area contributed by atoms with Gasteiger partial charge in [-0.05, 0) is 106 Å². The molecule has 0 aliphatic rings. The van der Waals surface area contributed by atoms with E-state index in [1.807, 2.05) is 12.1 Å². The molecule has 0 atom stereocenters. The molecule has 0 fully saturated rings. The SMILES string of the molecule is Cc1ccc2c(c1)c1cc(C)ccc1n2-c1cc(-c2cc(-c3ccccc3)nc(-c3ccccc3)c2)c(-n2c3ccc(C)cc3c3cc(C)ccc32)cc1C#N. The van der Waals surface area contributed by atoms with E-state index in [2.05, 4.69) is 188 Å². The molecule has 266 valence electrons. The molecule has 7 aromatic carbocycles. The van der Waals surface area contributed by atoms with Gasteiger partial charge in [-0.2, -0.15) is 5.26 Å². The fourth-order valence-corrected chi connectivity index (χ4v) is 8.49. The molecule has 56 heavy (non-hydrogen) atoms. The summed E-state index contributed by atoms with van der Waals surface area (Å²) in [7, 11) is 0. The van der Waals surface area contributed by atoms with Crippen molar-refractivity contribution in [3.63, 3.8) is 0 Å². The largest absolute Gasteiger partial charge is 0.309 e. The Kier molecular flexibility index (Phi) is 7.73. The van der Waals surface area contributed by atoms with Crippen LogP contribution >= 0.6 is 0 Å². The van der Waals surface area contributed by atoms with Crippen LogP contribution in [0.4, 0.5) is 0 Å². The van der Waals surface area contributed by atoms with Crippen molar-refractivity contribution in [3.05, 3.63) is 186 Å². The summed E-state index contributed by atoms with van der Waals surface area (Å²) in [6.07, 6.45) is 0. The molecule has 0 saturated heterocycles. The average Bonchev–Trinajstić information content (AvgIpc) is 3.71. The van der Waals surface area contributed by atoms with Gasteiger partial charge in [-0.25, -0.2) is 4.98 Å². The number of nitriles is 1. The van der Waals surface area contributed by atoms with Crippen LogP contribution in [0, 0.1) is 39.0 Å². The molecule has 4 nitrogen and oxygen atoms in total. The van der Waals surface area contributed by atoms with Crippen LogP contribution in [-0.4, -0.2) is 14.1 Å². The van der Waals surface area contributed by atoms with E-state index in [1.54, 1.807) is 0 Å². The van der Waals surface area contributed by atoms with Gasteiger partial charge in [0, 0.05) is 38.2 Å². The van der Waals surface area contributed by atoms with Gasteiger partial charge in [0.2, 0.25) is 0 Å². The van der Waals surface area contributed by atoms with E-state index in [-0.39, 0.29) is 0 Å². The van der Waals surface area contributed by atoms with Crippen LogP contribution in [0.25, 0.3) is 88.6 Å². The zero-order chi connectivity index (χ0) is 38.1. The quantitative estimate of drug-likeness (QED) is 0.178. The van der Waals surface area contributed by atoms with Crippen molar-refractivity contribution < 1.29 is 0 Å². The molecule has 4 heteroatoms. The third kappa shape index (κ3) is 5.40. The first-order valence-corrected chi connectivity index (χ1v) is 19.1. The predicted molar refractivity (Wildman–Crippen MR) is 233 cm³/mol. The number of nitrogens with zero attached hydrogens (tertiary/aromatic N) is 4. The molecule has 3 heterocycles. The molecule has 3 aromatic heterocycles. The number of benzene rings is 7. The van der Waals surface area contributed by atoms with Crippen molar-refractivity contribution >= 4 is 43.6 Å². The summed E-state index contributed by atoms with van der Waals surface area (Å²) < 4.78 is 4.64. The molecule has 0 aliphatic carbocycles. The topological polar surface area (TPSA) is 46.5 Å². The molecule has 0 unspecified atom stereocenters. The fraction of sp³-hybridized carbons (Fsp3) is 0.0769. The van der Waals surface area contributed by atoms with E-state index in [1.165, 1.54) is 43.8 Å². The van der Waals surface area contributed by atoms with Gasteiger partial charge >= 0.3 is 0 Å². The smallest absolute Gasteiger partial charge is 0.101 e. The fourth-order valence-electron chi connectivity index (χ4n) is 8.49. The van der Waals surface area contributed by atoms with Crippen molar-refractivity contribution in [1.29, 1.82) is 5.26 Å². The number of hydrogen-bond donors (Lipinski definition) is 0. The second-order valence-corrected chi connectivity index (χ2v) is 15.1. The number of fused-ring (bicyclic) bond motifs is 6. The minimum atomic E-state index is 0.596. The van der Waals surface area contributed by atoms with Crippen molar-refractivity contribution in [2.24, 2.45) is 0 Å². The number of aryl methyl sites for hydroxylation is 4. The highest BCUT2D eigenvalue weighted by Gasteiger charge is 2.23. The van der Waals surface area contributed by atoms with Crippen LogP contribution in [0.15, 0.2) is 158 Å². The van der Waals surface area contributed by atoms with Crippen LogP contribution < -0.4 is 0 Å². The zero-order valence-corrected chi connectivity index (χ0v) is 31.8. The van der Waals surface area contributed by atoms with E-state index in [9.17, 15) is 5.26 Å². The molecule has 0 radical (unpaired) electrons.